The van der Waals surface area contributed by atoms with Gasteiger partial charge >= 0.3 is 24.0 Å². The fourth-order valence-electron chi connectivity index (χ4n) is 4.09. The van der Waals surface area contributed by atoms with Crippen LogP contribution in [0, 0.1) is 0 Å². The highest BCUT2D eigenvalue weighted by molar-refractivity contribution is 5.91. The number of amides is 4. The van der Waals surface area contributed by atoms with E-state index in [0.29, 0.717) is 25.9 Å². The second kappa shape index (κ2) is 16.8. The molecule has 4 amide bonds. The molecule has 0 spiro atoms. The van der Waals surface area contributed by atoms with Crippen LogP contribution in [0.2, 0.25) is 0 Å². The lowest BCUT2D eigenvalue weighted by Crippen LogP contribution is -2.43. The predicted octanol–water partition coefficient (Wildman–Crippen LogP) is 2.67. The van der Waals surface area contributed by atoms with E-state index in [1.54, 1.807) is 0 Å². The molecule has 0 aliphatic heterocycles. The Morgan fingerprint density at radius 1 is 0.618 bits per heavy atom. The standard InChI is InChI=1S/C24H40N4O6/c29-21(33-17-7-15-25-23(31)27-19-9-3-1-4-10-19)13-14-22(30)34-18-8-16-26-24(32)28-20-11-5-2-6-12-20/h13-14,19-20H,1-12,15-18H2,(H2,25,27,31)(H2,26,28,32)/b14-13+. The first-order chi connectivity index (χ1) is 16.5. The van der Waals surface area contributed by atoms with Crippen molar-refractivity contribution < 1.29 is 28.7 Å². The fourth-order valence-corrected chi connectivity index (χ4v) is 4.09. The molecule has 0 aromatic heterocycles. The fraction of sp³-hybridized carbons (Fsp3) is 0.750. The molecule has 10 heteroatoms. The van der Waals surface area contributed by atoms with Crippen LogP contribution >= 0.6 is 0 Å². The second-order valence-electron chi connectivity index (χ2n) is 8.85. The summed E-state index contributed by atoms with van der Waals surface area (Å²) in [6, 6.07) is 0.110. The Balaban J connectivity index is 1.41. The van der Waals surface area contributed by atoms with Gasteiger partial charge in [-0.15, -0.1) is 0 Å². The van der Waals surface area contributed by atoms with Crippen molar-refractivity contribution in [1.82, 2.24) is 21.3 Å². The molecule has 192 valence electrons. The molecule has 4 N–H and O–H groups in total. The topological polar surface area (TPSA) is 135 Å². The number of carbonyl (C=O) groups is 4. The maximum Gasteiger partial charge on any atom is 0.331 e. The number of hydrogen-bond donors (Lipinski definition) is 4. The summed E-state index contributed by atoms with van der Waals surface area (Å²) in [4.78, 5) is 46.9. The average Bonchev–Trinajstić information content (AvgIpc) is 2.83. The molecular formula is C24H40N4O6. The van der Waals surface area contributed by atoms with Crippen LogP contribution in [0.3, 0.4) is 0 Å². The summed E-state index contributed by atoms with van der Waals surface area (Å²) in [6.07, 6.45) is 14.1. The van der Waals surface area contributed by atoms with E-state index in [-0.39, 0.29) is 37.4 Å². The van der Waals surface area contributed by atoms with Crippen molar-refractivity contribution in [3.05, 3.63) is 12.2 Å². The lowest BCUT2D eigenvalue weighted by molar-refractivity contribution is -0.140. The summed E-state index contributed by atoms with van der Waals surface area (Å²) in [6.45, 7) is 1.06. The zero-order chi connectivity index (χ0) is 24.4. The molecule has 0 aromatic carbocycles. The number of hydrogen-bond acceptors (Lipinski definition) is 6. The van der Waals surface area contributed by atoms with Crippen molar-refractivity contribution in [3.8, 4) is 0 Å². The van der Waals surface area contributed by atoms with Crippen molar-refractivity contribution in [2.75, 3.05) is 26.3 Å². The van der Waals surface area contributed by atoms with Gasteiger partial charge in [-0.25, -0.2) is 19.2 Å². The van der Waals surface area contributed by atoms with Crippen LogP contribution in [-0.4, -0.2) is 62.4 Å². The minimum absolute atomic E-state index is 0.135. The smallest absolute Gasteiger partial charge is 0.331 e. The van der Waals surface area contributed by atoms with Crippen LogP contribution in [0.4, 0.5) is 9.59 Å². The van der Waals surface area contributed by atoms with Crippen molar-refractivity contribution in [3.63, 3.8) is 0 Å². The highest BCUT2D eigenvalue weighted by Gasteiger charge is 2.16. The third kappa shape index (κ3) is 13.1. The van der Waals surface area contributed by atoms with Crippen LogP contribution in [-0.2, 0) is 19.1 Å². The Morgan fingerprint density at radius 2 is 1.00 bits per heavy atom. The molecule has 2 aliphatic carbocycles. The molecule has 0 heterocycles. The van der Waals surface area contributed by atoms with Gasteiger partial charge in [0.15, 0.2) is 0 Å². The van der Waals surface area contributed by atoms with Gasteiger partial charge in [0.25, 0.3) is 0 Å². The molecule has 2 rings (SSSR count). The van der Waals surface area contributed by atoms with E-state index in [9.17, 15) is 19.2 Å². The first-order valence-electron chi connectivity index (χ1n) is 12.6. The van der Waals surface area contributed by atoms with E-state index < -0.39 is 11.9 Å². The zero-order valence-electron chi connectivity index (χ0n) is 20.1. The lowest BCUT2D eigenvalue weighted by atomic mass is 9.96. The van der Waals surface area contributed by atoms with Crippen molar-refractivity contribution in [1.29, 1.82) is 0 Å². The molecule has 0 radical (unpaired) electrons. The summed E-state index contributed by atoms with van der Waals surface area (Å²) in [7, 11) is 0. The van der Waals surface area contributed by atoms with E-state index >= 15 is 0 Å². The molecule has 0 bridgehead atoms. The number of ether oxygens (including phenoxy) is 2. The molecular weight excluding hydrogens is 440 g/mol. The van der Waals surface area contributed by atoms with Crippen molar-refractivity contribution >= 4 is 24.0 Å². The molecule has 10 nitrogen and oxygen atoms in total. The third-order valence-electron chi connectivity index (χ3n) is 5.94. The van der Waals surface area contributed by atoms with Gasteiger partial charge in [0.05, 0.1) is 13.2 Å². The summed E-state index contributed by atoms with van der Waals surface area (Å²) >= 11 is 0. The minimum Gasteiger partial charge on any atom is -0.462 e. The molecule has 2 saturated carbocycles. The maximum atomic E-state index is 11.8. The van der Waals surface area contributed by atoms with Gasteiger partial charge < -0.3 is 30.7 Å². The average molecular weight is 481 g/mol. The first kappa shape index (κ1) is 27.5. The Bertz CT molecular complexity index is 616. The monoisotopic (exact) mass is 480 g/mol. The number of carbonyl (C=O) groups excluding carboxylic acids is 4. The molecule has 0 atom stereocenters. The third-order valence-corrected chi connectivity index (χ3v) is 5.94. The summed E-state index contributed by atoms with van der Waals surface area (Å²) in [5.74, 6) is -1.30. The van der Waals surface area contributed by atoms with E-state index in [1.165, 1.54) is 12.8 Å². The largest absolute Gasteiger partial charge is 0.462 e. The number of esters is 2. The van der Waals surface area contributed by atoms with E-state index in [2.05, 4.69) is 21.3 Å². The van der Waals surface area contributed by atoms with Crippen molar-refractivity contribution in [2.24, 2.45) is 0 Å². The van der Waals surface area contributed by atoms with Crippen LogP contribution in [0.25, 0.3) is 0 Å². The summed E-state index contributed by atoms with van der Waals surface area (Å²) < 4.78 is 9.99. The second-order valence-corrected chi connectivity index (χ2v) is 8.85. The molecule has 0 aromatic rings. The summed E-state index contributed by atoms with van der Waals surface area (Å²) in [5.41, 5.74) is 0. The van der Waals surface area contributed by atoms with Crippen LogP contribution < -0.4 is 21.3 Å². The van der Waals surface area contributed by atoms with Crippen LogP contribution in [0.15, 0.2) is 12.2 Å². The van der Waals surface area contributed by atoms with Crippen LogP contribution in [0.5, 0.6) is 0 Å². The molecule has 2 aliphatic rings. The Morgan fingerprint density at radius 3 is 1.38 bits per heavy atom. The normalized spacial score (nSPS) is 17.1. The van der Waals surface area contributed by atoms with E-state index in [4.69, 9.17) is 9.47 Å². The first-order valence-corrected chi connectivity index (χ1v) is 12.6. The van der Waals surface area contributed by atoms with Gasteiger partial charge in [0, 0.05) is 37.3 Å². The maximum absolute atomic E-state index is 11.8. The van der Waals surface area contributed by atoms with Crippen LogP contribution in [0.1, 0.15) is 77.0 Å². The molecule has 0 unspecified atom stereocenters. The molecule has 0 saturated heterocycles. The SMILES string of the molecule is O=C(NCCCOC(=O)/C=C/C(=O)OCCCNC(=O)NC1CCCCC1)NC1CCCCC1. The number of rotatable bonds is 12. The van der Waals surface area contributed by atoms with E-state index in [1.807, 2.05) is 0 Å². The van der Waals surface area contributed by atoms with Gasteiger partial charge in [-0.3, -0.25) is 0 Å². The quantitative estimate of drug-likeness (QED) is 0.193. The predicted molar refractivity (Wildman–Crippen MR) is 127 cm³/mol. The molecule has 34 heavy (non-hydrogen) atoms. The highest BCUT2D eigenvalue weighted by Crippen LogP contribution is 2.17. The Kier molecular flexibility index (Phi) is 13.5. The number of nitrogens with one attached hydrogen (secondary N) is 4. The van der Waals surface area contributed by atoms with Gasteiger partial charge in [-0.05, 0) is 38.5 Å². The summed E-state index contributed by atoms with van der Waals surface area (Å²) in [5, 5.41) is 11.4. The Hall–Kier alpha value is -2.78. The van der Waals surface area contributed by atoms with E-state index in [0.717, 1.165) is 63.5 Å². The van der Waals surface area contributed by atoms with Gasteiger partial charge in [-0.2, -0.15) is 0 Å². The lowest BCUT2D eigenvalue weighted by Gasteiger charge is -2.22. The van der Waals surface area contributed by atoms with Gasteiger partial charge in [-0.1, -0.05) is 38.5 Å². The zero-order valence-corrected chi connectivity index (χ0v) is 20.1. The minimum atomic E-state index is -0.648. The van der Waals surface area contributed by atoms with Crippen molar-refractivity contribution in [2.45, 2.75) is 89.1 Å². The Labute approximate surface area is 202 Å². The molecule has 2 fully saturated rings. The highest BCUT2D eigenvalue weighted by atomic mass is 16.5. The van der Waals surface area contributed by atoms with Gasteiger partial charge in [0.1, 0.15) is 0 Å². The number of urea groups is 2. The van der Waals surface area contributed by atoms with Gasteiger partial charge in [0.2, 0.25) is 0 Å².